The molecule has 0 unspecified atom stereocenters. The van der Waals surface area contributed by atoms with Gasteiger partial charge in [0.25, 0.3) is 0 Å². The lowest BCUT2D eigenvalue weighted by molar-refractivity contribution is -0.527. The summed E-state index contributed by atoms with van der Waals surface area (Å²) in [5.41, 5.74) is 0.687. The molecule has 0 fully saturated rings. The molecule has 0 radical (unpaired) electrons. The molecule has 156 valence electrons. The van der Waals surface area contributed by atoms with Crippen LogP contribution >= 0.6 is 7.29 Å². The van der Waals surface area contributed by atoms with E-state index >= 15 is 0 Å². The van der Waals surface area contributed by atoms with Crippen LogP contribution in [0.1, 0.15) is 24.9 Å². The molecule has 3 rings (SSSR count). The SMILES string of the molecule is CC[C@@H]([C@H](NP(=O)(c1ccccc1)c1ccccc1)c1ccc(OC)cc1)[N+](=O)[O-]. The minimum atomic E-state index is -3.36. The molecule has 2 atom stereocenters. The second kappa shape index (κ2) is 9.70. The van der Waals surface area contributed by atoms with Crippen LogP contribution in [0.15, 0.2) is 84.9 Å². The van der Waals surface area contributed by atoms with Crippen molar-refractivity contribution < 1.29 is 14.2 Å². The van der Waals surface area contributed by atoms with Crippen molar-refractivity contribution in [3.05, 3.63) is 101 Å². The quantitative estimate of drug-likeness (QED) is 0.315. The van der Waals surface area contributed by atoms with Gasteiger partial charge in [-0.1, -0.05) is 55.5 Å². The van der Waals surface area contributed by atoms with E-state index in [1.165, 1.54) is 0 Å². The first kappa shape index (κ1) is 21.8. The molecule has 30 heavy (non-hydrogen) atoms. The maximum atomic E-state index is 14.4. The molecule has 7 heteroatoms. The second-order valence-corrected chi connectivity index (χ2v) is 9.43. The molecule has 0 bridgehead atoms. The van der Waals surface area contributed by atoms with E-state index in [1.54, 1.807) is 62.6 Å². The number of methoxy groups -OCH3 is 1. The fourth-order valence-electron chi connectivity index (χ4n) is 3.47. The average molecular weight is 424 g/mol. The Bertz CT molecular complexity index is 967. The van der Waals surface area contributed by atoms with Crippen molar-refractivity contribution in [1.82, 2.24) is 5.09 Å². The third kappa shape index (κ3) is 4.61. The van der Waals surface area contributed by atoms with Gasteiger partial charge in [-0.2, -0.15) is 0 Å². The lowest BCUT2D eigenvalue weighted by atomic mass is 9.99. The molecular formula is C23H25N2O4P. The van der Waals surface area contributed by atoms with Gasteiger partial charge in [0.1, 0.15) is 11.8 Å². The molecule has 0 saturated carbocycles. The van der Waals surface area contributed by atoms with Crippen molar-refractivity contribution in [1.29, 1.82) is 0 Å². The van der Waals surface area contributed by atoms with Crippen LogP contribution in [-0.2, 0) is 4.57 Å². The van der Waals surface area contributed by atoms with Gasteiger partial charge in [-0.05, 0) is 42.0 Å². The Morgan fingerprint density at radius 3 is 1.83 bits per heavy atom. The molecule has 6 nitrogen and oxygen atoms in total. The lowest BCUT2D eigenvalue weighted by Crippen LogP contribution is -2.39. The third-order valence-corrected chi connectivity index (χ3v) is 7.80. The zero-order valence-electron chi connectivity index (χ0n) is 17.0. The van der Waals surface area contributed by atoms with Crippen molar-refractivity contribution in [3.63, 3.8) is 0 Å². The summed E-state index contributed by atoms with van der Waals surface area (Å²) in [5, 5.41) is 16.3. The molecule has 0 aromatic heterocycles. The Kier molecular flexibility index (Phi) is 7.03. The number of benzene rings is 3. The van der Waals surface area contributed by atoms with Gasteiger partial charge < -0.3 is 4.74 Å². The fourth-order valence-corrected chi connectivity index (χ4v) is 5.96. The summed E-state index contributed by atoms with van der Waals surface area (Å²) in [6.45, 7) is 1.77. The number of nitrogens with one attached hydrogen (secondary N) is 1. The molecule has 0 aliphatic heterocycles. The van der Waals surface area contributed by atoms with E-state index in [2.05, 4.69) is 5.09 Å². The summed E-state index contributed by atoms with van der Waals surface area (Å²) in [4.78, 5) is 11.6. The highest BCUT2D eigenvalue weighted by molar-refractivity contribution is 7.76. The molecule has 0 saturated heterocycles. The first-order valence-electron chi connectivity index (χ1n) is 9.76. The predicted molar refractivity (Wildman–Crippen MR) is 120 cm³/mol. The molecule has 3 aromatic rings. The van der Waals surface area contributed by atoms with E-state index in [4.69, 9.17) is 4.74 Å². The second-order valence-electron chi connectivity index (χ2n) is 6.92. The summed E-state index contributed by atoms with van der Waals surface area (Å²) in [5.74, 6) is 0.654. The van der Waals surface area contributed by atoms with Crippen molar-refractivity contribution in [2.75, 3.05) is 7.11 Å². The van der Waals surface area contributed by atoms with Crippen LogP contribution in [0.3, 0.4) is 0 Å². The van der Waals surface area contributed by atoms with Crippen LogP contribution in [0.5, 0.6) is 5.75 Å². The molecule has 0 spiro atoms. The molecule has 1 N–H and O–H groups in total. The Balaban J connectivity index is 2.13. The highest BCUT2D eigenvalue weighted by Gasteiger charge is 2.38. The molecule has 3 aromatic carbocycles. The summed E-state index contributed by atoms with van der Waals surface area (Å²) in [6.07, 6.45) is 0.292. The summed E-state index contributed by atoms with van der Waals surface area (Å²) in [6, 6.07) is 23.5. The monoisotopic (exact) mass is 424 g/mol. The number of hydrogen-bond acceptors (Lipinski definition) is 4. The summed E-state index contributed by atoms with van der Waals surface area (Å²) in [7, 11) is -1.79. The molecular weight excluding hydrogens is 399 g/mol. The molecule has 0 aliphatic carbocycles. The number of rotatable bonds is 9. The van der Waals surface area contributed by atoms with E-state index in [0.29, 0.717) is 28.3 Å². The minimum absolute atomic E-state index is 0.292. The smallest absolute Gasteiger partial charge is 0.232 e. The van der Waals surface area contributed by atoms with Crippen molar-refractivity contribution in [2.45, 2.75) is 25.4 Å². The number of nitrogens with zero attached hydrogens (tertiary/aromatic N) is 1. The van der Waals surface area contributed by atoms with Crippen LogP contribution < -0.4 is 20.4 Å². The van der Waals surface area contributed by atoms with E-state index in [9.17, 15) is 14.7 Å². The maximum Gasteiger partial charge on any atom is 0.232 e. The van der Waals surface area contributed by atoms with Gasteiger partial charge in [0, 0.05) is 22.0 Å². The zero-order chi connectivity index (χ0) is 21.6. The van der Waals surface area contributed by atoms with Crippen LogP contribution in [0.2, 0.25) is 0 Å². The molecule has 0 heterocycles. The third-order valence-electron chi connectivity index (χ3n) is 5.11. The van der Waals surface area contributed by atoms with Crippen molar-refractivity contribution in [2.24, 2.45) is 0 Å². The summed E-state index contributed by atoms with van der Waals surface area (Å²) >= 11 is 0. The summed E-state index contributed by atoms with van der Waals surface area (Å²) < 4.78 is 19.6. The van der Waals surface area contributed by atoms with E-state index in [-0.39, 0.29) is 4.92 Å². The van der Waals surface area contributed by atoms with Gasteiger partial charge in [-0.15, -0.1) is 0 Å². The maximum absolute atomic E-state index is 14.4. The van der Waals surface area contributed by atoms with Crippen LogP contribution in [0, 0.1) is 10.1 Å². The fraction of sp³-hybridized carbons (Fsp3) is 0.217. The molecule has 0 amide bonds. The number of hydrogen-bond donors (Lipinski definition) is 1. The van der Waals surface area contributed by atoms with Gasteiger partial charge in [0.05, 0.1) is 7.11 Å². The number of ether oxygens (including phenoxy) is 1. The Morgan fingerprint density at radius 2 is 1.43 bits per heavy atom. The van der Waals surface area contributed by atoms with Gasteiger partial charge in [0.15, 0.2) is 0 Å². The largest absolute Gasteiger partial charge is 0.497 e. The Morgan fingerprint density at radius 1 is 0.933 bits per heavy atom. The van der Waals surface area contributed by atoms with Gasteiger partial charge in [0.2, 0.25) is 13.3 Å². The number of nitro groups is 1. The standard InChI is InChI=1S/C23H25N2O4P/c1-3-22(25(26)27)23(18-14-16-19(29-2)17-15-18)24-30(28,20-10-6-4-7-11-20)21-12-8-5-9-13-21/h4-17,22-23H,3H2,1-2H3,(H,24,28)/t22-,23+/m0/s1. The predicted octanol–water partition coefficient (Wildman–Crippen LogP) is 4.31. The van der Waals surface area contributed by atoms with E-state index in [1.807, 2.05) is 36.4 Å². The zero-order valence-corrected chi connectivity index (χ0v) is 17.9. The van der Waals surface area contributed by atoms with Crippen molar-refractivity contribution in [3.8, 4) is 5.75 Å². The first-order chi connectivity index (χ1) is 14.5. The van der Waals surface area contributed by atoms with Gasteiger partial charge in [-0.3, -0.25) is 14.7 Å². The van der Waals surface area contributed by atoms with E-state index < -0.39 is 19.4 Å². The van der Waals surface area contributed by atoms with Crippen LogP contribution in [-0.4, -0.2) is 18.1 Å². The Hall–Kier alpha value is -2.95. The average Bonchev–Trinajstić information content (AvgIpc) is 2.80. The molecule has 0 aliphatic rings. The van der Waals surface area contributed by atoms with Gasteiger partial charge >= 0.3 is 0 Å². The minimum Gasteiger partial charge on any atom is -0.497 e. The van der Waals surface area contributed by atoms with Crippen molar-refractivity contribution >= 4 is 17.9 Å². The Labute approximate surface area is 176 Å². The highest BCUT2D eigenvalue weighted by Crippen LogP contribution is 2.43. The van der Waals surface area contributed by atoms with Gasteiger partial charge in [-0.25, -0.2) is 5.09 Å². The first-order valence-corrected chi connectivity index (χ1v) is 11.5. The van der Waals surface area contributed by atoms with Crippen LogP contribution in [0.4, 0.5) is 0 Å². The van der Waals surface area contributed by atoms with E-state index in [0.717, 1.165) is 0 Å². The highest BCUT2D eigenvalue weighted by atomic mass is 31.2. The topological polar surface area (TPSA) is 81.5 Å². The lowest BCUT2D eigenvalue weighted by Gasteiger charge is -2.28. The van der Waals surface area contributed by atoms with Crippen LogP contribution in [0.25, 0.3) is 0 Å². The normalized spacial score (nSPS) is 13.4.